The fourth-order valence-corrected chi connectivity index (χ4v) is 8.94. The first-order chi connectivity index (χ1) is 31.2. The summed E-state index contributed by atoms with van der Waals surface area (Å²) in [6.07, 6.45) is 8.35. The van der Waals surface area contributed by atoms with E-state index >= 15 is 0 Å². The lowest BCUT2D eigenvalue weighted by Gasteiger charge is -2.35. The van der Waals surface area contributed by atoms with Crippen molar-refractivity contribution in [2.45, 2.75) is 88.4 Å². The molecule has 15 nitrogen and oxygen atoms in total. The van der Waals surface area contributed by atoms with Gasteiger partial charge < -0.3 is 35.8 Å². The molecular formula is C48H51ClN10O5. The maximum atomic E-state index is 13.2. The lowest BCUT2D eigenvalue weighted by Crippen LogP contribution is -2.52. The first-order valence-corrected chi connectivity index (χ1v) is 22.4. The van der Waals surface area contributed by atoms with E-state index in [0.29, 0.717) is 91.3 Å². The number of aromatic nitrogens is 2. The van der Waals surface area contributed by atoms with E-state index in [2.05, 4.69) is 66.6 Å². The van der Waals surface area contributed by atoms with Crippen molar-refractivity contribution in [1.29, 1.82) is 5.26 Å². The summed E-state index contributed by atoms with van der Waals surface area (Å²) < 4.78 is 5.82. The summed E-state index contributed by atoms with van der Waals surface area (Å²) in [7, 11) is 0. The number of para-hydroxylation sites is 1. The van der Waals surface area contributed by atoms with E-state index in [1.807, 2.05) is 35.2 Å². The van der Waals surface area contributed by atoms with Gasteiger partial charge in [-0.1, -0.05) is 47.7 Å². The van der Waals surface area contributed by atoms with Gasteiger partial charge in [-0.25, -0.2) is 9.78 Å². The summed E-state index contributed by atoms with van der Waals surface area (Å²) in [5.41, 5.74) is 5.38. The number of ether oxygens (including phenoxy) is 1. The van der Waals surface area contributed by atoms with Crippen LogP contribution in [0.1, 0.15) is 96.3 Å². The Hall–Kier alpha value is -6.52. The highest BCUT2D eigenvalue weighted by molar-refractivity contribution is 6.33. The number of halogens is 1. The fraction of sp³-hybridized carbons (Fsp3) is 0.396. The minimum Gasteiger partial charge on any atom is -0.379 e. The quantitative estimate of drug-likeness (QED) is 0.0560. The zero-order valence-electron chi connectivity index (χ0n) is 35.5. The number of piperidine rings is 2. The fourth-order valence-electron chi connectivity index (χ4n) is 8.80. The van der Waals surface area contributed by atoms with Gasteiger partial charge in [-0.05, 0) is 104 Å². The summed E-state index contributed by atoms with van der Waals surface area (Å²) in [6.45, 7) is 3.62. The number of rotatable bonds is 13. The summed E-state index contributed by atoms with van der Waals surface area (Å²) in [5, 5.41) is 25.4. The summed E-state index contributed by atoms with van der Waals surface area (Å²) in [6, 6.07) is 23.0. The number of nitrogens with zero attached hydrogens (tertiary/aromatic N) is 5. The second kappa shape index (κ2) is 20.8. The largest absolute Gasteiger partial charge is 0.379 e. The van der Waals surface area contributed by atoms with Crippen LogP contribution < -0.4 is 26.6 Å². The lowest BCUT2D eigenvalue weighted by atomic mass is 9.89. The van der Waals surface area contributed by atoms with Crippen LogP contribution in [0, 0.1) is 23.2 Å². The number of fused-ring (bicyclic) bond motifs is 1. The van der Waals surface area contributed by atoms with Crippen LogP contribution in [0.15, 0.2) is 72.9 Å². The minimum atomic E-state index is -0.632. The van der Waals surface area contributed by atoms with E-state index < -0.39 is 11.9 Å². The number of nitrogens with one attached hydrogen (secondary N) is 5. The van der Waals surface area contributed by atoms with E-state index in [1.54, 1.807) is 29.2 Å². The van der Waals surface area contributed by atoms with Gasteiger partial charge in [0.05, 0.1) is 30.7 Å². The average molecular weight is 883 g/mol. The van der Waals surface area contributed by atoms with Crippen LogP contribution in [0.5, 0.6) is 0 Å². The molecule has 1 saturated carbocycles. The third-order valence-electron chi connectivity index (χ3n) is 12.3. The molecule has 0 bridgehead atoms. The van der Waals surface area contributed by atoms with Crippen molar-refractivity contribution >= 4 is 58.5 Å². The van der Waals surface area contributed by atoms with Gasteiger partial charge in [0.15, 0.2) is 5.82 Å². The number of benzene rings is 3. The number of nitriles is 1. The predicted molar refractivity (Wildman–Crippen MR) is 242 cm³/mol. The van der Waals surface area contributed by atoms with E-state index in [9.17, 15) is 24.4 Å². The summed E-state index contributed by atoms with van der Waals surface area (Å²) in [5.74, 6) is 6.54. The topological polar surface area (TPSA) is 194 Å². The molecule has 3 aromatic carbocycles. The normalized spacial score (nSPS) is 19.8. The van der Waals surface area contributed by atoms with Crippen molar-refractivity contribution in [3.63, 3.8) is 0 Å². The number of imide groups is 1. The highest BCUT2D eigenvalue weighted by atomic mass is 35.5. The van der Waals surface area contributed by atoms with Gasteiger partial charge in [-0.3, -0.25) is 19.7 Å². The van der Waals surface area contributed by atoms with Gasteiger partial charge in [0.25, 0.3) is 5.91 Å². The predicted octanol–water partition coefficient (Wildman–Crippen LogP) is 6.50. The second-order valence-corrected chi connectivity index (χ2v) is 17.0. The Balaban J connectivity index is 0.683. The molecule has 3 aliphatic heterocycles. The van der Waals surface area contributed by atoms with Gasteiger partial charge >= 0.3 is 6.03 Å². The minimum absolute atomic E-state index is 0.0292. The Kier molecular flexibility index (Phi) is 14.3. The molecular weight excluding hydrogens is 832 g/mol. The highest BCUT2D eigenvalue weighted by Gasteiger charge is 2.39. The van der Waals surface area contributed by atoms with E-state index in [1.165, 1.54) is 11.8 Å². The molecule has 1 aromatic heterocycles. The number of hydrogen-bond donors (Lipinski definition) is 5. The Morgan fingerprint density at radius 1 is 0.922 bits per heavy atom. The molecule has 4 heterocycles. The first kappa shape index (κ1) is 44.1. The lowest BCUT2D eigenvalue weighted by molar-refractivity contribution is -0.136. The molecule has 1 aliphatic carbocycles. The van der Waals surface area contributed by atoms with Crippen molar-refractivity contribution < 1.29 is 23.9 Å². The van der Waals surface area contributed by atoms with Crippen LogP contribution in [0.4, 0.5) is 27.9 Å². The first-order valence-electron chi connectivity index (χ1n) is 22.0. The number of carbonyl (C=O) groups is 4. The smallest absolute Gasteiger partial charge is 0.317 e. The summed E-state index contributed by atoms with van der Waals surface area (Å²) in [4.78, 5) is 62.3. The zero-order chi connectivity index (χ0) is 44.4. The van der Waals surface area contributed by atoms with Crippen molar-refractivity contribution in [2.24, 2.45) is 0 Å². The SMILES string of the molecule is N#Cc1ccccc1Nc1nc(Nc2ccc(C3CCN(C(=O)NC4CCC(NCCOCCC#Cc5ccc6c(c5)CN(C5CCC(=O)NC5=O)C6=O)CC4)CC3)cc2)ncc1Cl. The van der Waals surface area contributed by atoms with Crippen LogP contribution in [-0.4, -0.2) is 94.5 Å². The zero-order valence-corrected chi connectivity index (χ0v) is 36.3. The average Bonchev–Trinajstić information content (AvgIpc) is 3.63. The number of anilines is 4. The Morgan fingerprint density at radius 2 is 1.70 bits per heavy atom. The molecule has 8 rings (SSSR count). The highest BCUT2D eigenvalue weighted by Crippen LogP contribution is 2.32. The molecule has 2 saturated heterocycles. The maximum absolute atomic E-state index is 13.2. The molecule has 0 radical (unpaired) electrons. The molecule has 64 heavy (non-hydrogen) atoms. The Bertz CT molecular complexity index is 2470. The van der Waals surface area contributed by atoms with E-state index in [4.69, 9.17) is 16.3 Å². The van der Waals surface area contributed by atoms with E-state index in [0.717, 1.165) is 61.9 Å². The molecule has 16 heteroatoms. The van der Waals surface area contributed by atoms with Gasteiger partial charge in [-0.2, -0.15) is 10.2 Å². The molecule has 5 N–H and O–H groups in total. The molecule has 4 aliphatic rings. The molecule has 3 fully saturated rings. The van der Waals surface area contributed by atoms with Crippen LogP contribution in [0.3, 0.4) is 0 Å². The van der Waals surface area contributed by atoms with Gasteiger partial charge in [0, 0.05) is 67.9 Å². The van der Waals surface area contributed by atoms with Crippen LogP contribution in [0.25, 0.3) is 0 Å². The van der Waals surface area contributed by atoms with E-state index in [-0.39, 0.29) is 30.3 Å². The van der Waals surface area contributed by atoms with Gasteiger partial charge in [0.2, 0.25) is 17.8 Å². The van der Waals surface area contributed by atoms with Crippen LogP contribution in [0.2, 0.25) is 5.02 Å². The second-order valence-electron chi connectivity index (χ2n) is 16.6. The number of hydrogen-bond acceptors (Lipinski definition) is 11. The standard InChI is InChI=1S/C48H51ClN10O5/c49-40-29-52-47(57-44(40)55-41-7-2-1-6-34(41)28-50)53-37-11-9-32(10-12-37)33-20-23-58(24-21-33)48(63)54-38-15-13-36(14-16-38)51-22-26-64-25-4-3-5-31-8-17-39-35(27-31)30-59(46(39)62)42-18-19-43(60)56-45(42)61/h1-2,6-12,17,27,29,33,36,38,42,51H,4,13-16,18-26,30H2,(H,54,63)(H,56,60,61)(H2,52,53,55,57). The monoisotopic (exact) mass is 882 g/mol. The third-order valence-corrected chi connectivity index (χ3v) is 12.6. The molecule has 5 amide bonds. The number of carbonyl (C=O) groups excluding carboxylic acids is 4. The summed E-state index contributed by atoms with van der Waals surface area (Å²) >= 11 is 6.36. The van der Waals surface area contributed by atoms with Crippen LogP contribution >= 0.6 is 11.6 Å². The molecule has 0 spiro atoms. The van der Waals surface area contributed by atoms with Crippen molar-refractivity contribution in [1.82, 2.24) is 35.7 Å². The Labute approximate surface area is 377 Å². The van der Waals surface area contributed by atoms with Crippen molar-refractivity contribution in [3.8, 4) is 17.9 Å². The third kappa shape index (κ3) is 11.0. The molecule has 1 unspecified atom stereocenters. The number of urea groups is 1. The molecule has 1 atom stereocenters. The maximum Gasteiger partial charge on any atom is 0.317 e. The van der Waals surface area contributed by atoms with Gasteiger partial charge in [0.1, 0.15) is 17.1 Å². The van der Waals surface area contributed by atoms with Crippen LogP contribution in [-0.2, 0) is 20.9 Å². The number of likely N-dealkylation sites (tertiary alicyclic amines) is 1. The molecule has 330 valence electrons. The van der Waals surface area contributed by atoms with Crippen molar-refractivity contribution in [2.75, 3.05) is 43.5 Å². The Morgan fingerprint density at radius 3 is 2.48 bits per heavy atom. The molecule has 4 aromatic rings. The van der Waals surface area contributed by atoms with Crippen molar-refractivity contribution in [3.05, 3.63) is 106 Å². The number of amides is 5. The van der Waals surface area contributed by atoms with Gasteiger partial charge in [-0.15, -0.1) is 0 Å².